The molecule has 0 amide bonds. The molecule has 2 fully saturated rings. The summed E-state index contributed by atoms with van der Waals surface area (Å²) in [6.07, 6.45) is 18.2. The number of aryl methyl sites for hydroxylation is 2. The van der Waals surface area contributed by atoms with Gasteiger partial charge in [0.1, 0.15) is 11.4 Å². The van der Waals surface area contributed by atoms with E-state index >= 15 is 0 Å². The van der Waals surface area contributed by atoms with E-state index < -0.39 is 0 Å². The van der Waals surface area contributed by atoms with Gasteiger partial charge in [0.25, 0.3) is 0 Å². The van der Waals surface area contributed by atoms with E-state index in [2.05, 4.69) is 31.8 Å². The van der Waals surface area contributed by atoms with Gasteiger partial charge in [-0.1, -0.05) is 45.4 Å². The third-order valence-electron chi connectivity index (χ3n) is 6.89. The third-order valence-corrected chi connectivity index (χ3v) is 6.89. The van der Waals surface area contributed by atoms with Gasteiger partial charge < -0.3 is 4.74 Å². The van der Waals surface area contributed by atoms with Crippen LogP contribution >= 0.6 is 0 Å². The van der Waals surface area contributed by atoms with Gasteiger partial charge in [0.2, 0.25) is 0 Å². The molecule has 2 aliphatic carbocycles. The van der Waals surface area contributed by atoms with E-state index in [0.717, 1.165) is 23.3 Å². The normalized spacial score (nSPS) is 26.4. The zero-order valence-electron chi connectivity index (χ0n) is 16.7. The maximum absolute atomic E-state index is 6.77. The number of rotatable bonds is 6. The Kier molecular flexibility index (Phi) is 6.41. The van der Waals surface area contributed by atoms with Gasteiger partial charge in [-0.2, -0.15) is 0 Å². The maximum atomic E-state index is 6.77. The second-order valence-corrected chi connectivity index (χ2v) is 8.66. The van der Waals surface area contributed by atoms with E-state index in [0.29, 0.717) is 0 Å². The summed E-state index contributed by atoms with van der Waals surface area (Å²) in [6, 6.07) is 2.20. The molecule has 1 aromatic rings. The third kappa shape index (κ3) is 4.57. The van der Waals surface area contributed by atoms with Gasteiger partial charge in [0.05, 0.1) is 6.20 Å². The molecule has 2 saturated carbocycles. The molecule has 2 aliphatic rings. The highest BCUT2D eigenvalue weighted by molar-refractivity contribution is 5.28. The molecule has 0 N–H and O–H groups in total. The topological polar surface area (TPSA) is 22.1 Å². The van der Waals surface area contributed by atoms with Crippen molar-refractivity contribution < 1.29 is 4.74 Å². The standard InChI is InChI=1S/C23H37NO/c1-4-5-9-20-10-12-21(13-11-20)23(14-7-6-8-15-23)25-22-16-18(2)19(3)24-17-22/h16-17,20-21H,4-15H2,1-3H3/t20-,21-. The molecule has 2 nitrogen and oxygen atoms in total. The van der Waals surface area contributed by atoms with E-state index in [9.17, 15) is 0 Å². The molecule has 0 radical (unpaired) electrons. The fraction of sp³-hybridized carbons (Fsp3) is 0.783. The Morgan fingerprint density at radius 3 is 2.44 bits per heavy atom. The van der Waals surface area contributed by atoms with Gasteiger partial charge in [0, 0.05) is 5.69 Å². The quantitative estimate of drug-likeness (QED) is 0.568. The Hall–Kier alpha value is -1.05. The molecule has 0 atom stereocenters. The van der Waals surface area contributed by atoms with Crippen LogP contribution in [0.3, 0.4) is 0 Å². The van der Waals surface area contributed by atoms with Crippen molar-refractivity contribution in [3.8, 4) is 5.75 Å². The molecule has 0 saturated heterocycles. The molecule has 2 heteroatoms. The first kappa shape index (κ1) is 18.7. The summed E-state index contributed by atoms with van der Waals surface area (Å²) in [4.78, 5) is 4.54. The smallest absolute Gasteiger partial charge is 0.138 e. The Labute approximate surface area is 154 Å². The number of pyridine rings is 1. The van der Waals surface area contributed by atoms with Crippen molar-refractivity contribution in [3.05, 3.63) is 23.5 Å². The summed E-state index contributed by atoms with van der Waals surface area (Å²) in [5.41, 5.74) is 2.44. The van der Waals surface area contributed by atoms with E-state index in [1.807, 2.05) is 6.20 Å². The van der Waals surface area contributed by atoms with Gasteiger partial charge in [-0.3, -0.25) is 4.98 Å². The van der Waals surface area contributed by atoms with Crippen molar-refractivity contribution >= 4 is 0 Å². The monoisotopic (exact) mass is 343 g/mol. The van der Waals surface area contributed by atoms with Crippen LogP contribution in [0.5, 0.6) is 5.75 Å². The number of aromatic nitrogens is 1. The van der Waals surface area contributed by atoms with Crippen molar-refractivity contribution in [2.24, 2.45) is 11.8 Å². The van der Waals surface area contributed by atoms with Gasteiger partial charge >= 0.3 is 0 Å². The van der Waals surface area contributed by atoms with Gasteiger partial charge in [-0.15, -0.1) is 0 Å². The summed E-state index contributed by atoms with van der Waals surface area (Å²) < 4.78 is 6.77. The summed E-state index contributed by atoms with van der Waals surface area (Å²) in [6.45, 7) is 6.53. The second kappa shape index (κ2) is 8.56. The molecular formula is C23H37NO. The molecule has 0 spiro atoms. The first-order valence-electron chi connectivity index (χ1n) is 10.8. The lowest BCUT2D eigenvalue weighted by Gasteiger charge is -2.46. The molecule has 1 aromatic heterocycles. The molecule has 0 bridgehead atoms. The zero-order valence-corrected chi connectivity index (χ0v) is 16.7. The lowest BCUT2D eigenvalue weighted by atomic mass is 9.67. The molecule has 140 valence electrons. The van der Waals surface area contributed by atoms with Crippen LogP contribution in [0.15, 0.2) is 12.3 Å². The number of hydrogen-bond acceptors (Lipinski definition) is 2. The van der Waals surface area contributed by atoms with Crippen LogP contribution in [0.1, 0.15) is 95.2 Å². The predicted octanol–water partition coefficient (Wildman–Crippen LogP) is 6.78. The fourth-order valence-corrected chi connectivity index (χ4v) is 5.12. The Bertz CT molecular complexity index is 539. The molecular weight excluding hydrogens is 306 g/mol. The number of unbranched alkanes of at least 4 members (excludes halogenated alkanes) is 1. The molecule has 0 unspecified atom stereocenters. The lowest BCUT2D eigenvalue weighted by molar-refractivity contribution is -0.0437. The molecule has 25 heavy (non-hydrogen) atoms. The van der Waals surface area contributed by atoms with E-state index in [-0.39, 0.29) is 5.60 Å². The van der Waals surface area contributed by atoms with Crippen LogP contribution in [-0.4, -0.2) is 10.6 Å². The Morgan fingerprint density at radius 2 is 1.80 bits per heavy atom. The van der Waals surface area contributed by atoms with Crippen molar-refractivity contribution in [2.45, 2.75) is 103 Å². The first-order valence-corrected chi connectivity index (χ1v) is 10.8. The fourth-order valence-electron chi connectivity index (χ4n) is 5.12. The minimum Gasteiger partial charge on any atom is -0.485 e. The van der Waals surface area contributed by atoms with Crippen molar-refractivity contribution in [1.29, 1.82) is 0 Å². The average Bonchev–Trinajstić information content (AvgIpc) is 2.64. The number of hydrogen-bond donors (Lipinski definition) is 0. The minimum atomic E-state index is 0.0807. The summed E-state index contributed by atoms with van der Waals surface area (Å²) in [5.74, 6) is 2.71. The van der Waals surface area contributed by atoms with E-state index in [1.54, 1.807) is 0 Å². The average molecular weight is 344 g/mol. The van der Waals surface area contributed by atoms with Crippen LogP contribution in [0.25, 0.3) is 0 Å². The van der Waals surface area contributed by atoms with Crippen molar-refractivity contribution in [1.82, 2.24) is 4.98 Å². The summed E-state index contributed by atoms with van der Waals surface area (Å²) in [5, 5.41) is 0. The predicted molar refractivity (Wildman–Crippen MR) is 105 cm³/mol. The maximum Gasteiger partial charge on any atom is 0.138 e. The van der Waals surface area contributed by atoms with Crippen molar-refractivity contribution in [2.75, 3.05) is 0 Å². The van der Waals surface area contributed by atoms with Crippen LogP contribution in [0.2, 0.25) is 0 Å². The molecule has 0 aliphatic heterocycles. The SMILES string of the molecule is CCCC[C@H]1CC[C@H](C2(Oc3cnc(C)c(C)c3)CCCCC2)CC1. The highest BCUT2D eigenvalue weighted by atomic mass is 16.5. The van der Waals surface area contributed by atoms with E-state index in [4.69, 9.17) is 4.74 Å². The number of nitrogens with zero attached hydrogens (tertiary/aromatic N) is 1. The lowest BCUT2D eigenvalue weighted by Crippen LogP contribution is -2.47. The highest BCUT2D eigenvalue weighted by Gasteiger charge is 2.43. The van der Waals surface area contributed by atoms with Gasteiger partial charge in [-0.25, -0.2) is 0 Å². The van der Waals surface area contributed by atoms with Crippen molar-refractivity contribution in [3.63, 3.8) is 0 Å². The highest BCUT2D eigenvalue weighted by Crippen LogP contribution is 2.46. The van der Waals surface area contributed by atoms with Gasteiger partial charge in [0.15, 0.2) is 0 Å². The van der Waals surface area contributed by atoms with Crippen LogP contribution in [0.4, 0.5) is 0 Å². The van der Waals surface area contributed by atoms with Crippen LogP contribution < -0.4 is 4.74 Å². The largest absolute Gasteiger partial charge is 0.485 e. The zero-order chi connectivity index (χ0) is 17.7. The van der Waals surface area contributed by atoms with Gasteiger partial charge in [-0.05, 0) is 75.8 Å². The molecule has 0 aromatic carbocycles. The molecule has 1 heterocycles. The first-order chi connectivity index (χ1) is 12.1. The Morgan fingerprint density at radius 1 is 1.08 bits per heavy atom. The van der Waals surface area contributed by atoms with Crippen LogP contribution in [0, 0.1) is 25.7 Å². The number of ether oxygens (including phenoxy) is 1. The molecule has 3 rings (SSSR count). The summed E-state index contributed by atoms with van der Waals surface area (Å²) >= 11 is 0. The summed E-state index contributed by atoms with van der Waals surface area (Å²) in [7, 11) is 0. The Balaban J connectivity index is 1.69. The van der Waals surface area contributed by atoms with Crippen LogP contribution in [-0.2, 0) is 0 Å². The second-order valence-electron chi connectivity index (χ2n) is 8.66. The minimum absolute atomic E-state index is 0.0807. The van der Waals surface area contributed by atoms with E-state index in [1.165, 1.54) is 82.6 Å².